The van der Waals surface area contributed by atoms with E-state index in [2.05, 4.69) is 4.98 Å². The molecular weight excluding hydrogens is 295 g/mol. The minimum atomic E-state index is -4.65. The minimum Gasteiger partial charge on any atom is -0.387 e. The van der Waals surface area contributed by atoms with Gasteiger partial charge in [0.05, 0.1) is 11.9 Å². The summed E-state index contributed by atoms with van der Waals surface area (Å²) in [6.07, 6.45) is -5.27. The van der Waals surface area contributed by atoms with Crippen LogP contribution in [0.3, 0.4) is 0 Å². The number of nitrogens with zero attached hydrogens (tertiary/aromatic N) is 1. The van der Waals surface area contributed by atoms with Gasteiger partial charge < -0.3 is 5.11 Å². The van der Waals surface area contributed by atoms with Crippen LogP contribution in [0.5, 0.6) is 0 Å². The van der Waals surface area contributed by atoms with E-state index in [-0.39, 0.29) is 5.56 Å². The summed E-state index contributed by atoms with van der Waals surface area (Å²) in [6, 6.07) is 1.54. The van der Waals surface area contributed by atoms with Gasteiger partial charge in [0.2, 0.25) is 0 Å². The van der Waals surface area contributed by atoms with Gasteiger partial charge in [-0.25, -0.2) is 13.4 Å². The zero-order valence-electron chi connectivity index (χ0n) is 9.07. The molecule has 0 bridgehead atoms. The van der Waals surface area contributed by atoms with Crippen LogP contribution >= 0.6 is 11.6 Å². The maximum absolute atomic E-state index is 12.3. The number of alkyl halides is 3. The molecule has 0 spiro atoms. The highest BCUT2D eigenvalue weighted by Gasteiger charge is 2.33. The van der Waals surface area contributed by atoms with E-state index in [0.717, 1.165) is 12.3 Å². The van der Waals surface area contributed by atoms with Gasteiger partial charge in [0.1, 0.15) is 20.7 Å². The average Bonchev–Trinajstić information content (AvgIpc) is 2.12. The Kier molecular flexibility index (Phi) is 4.24. The smallest absolute Gasteiger partial charge is 0.387 e. The van der Waals surface area contributed by atoms with Crippen molar-refractivity contribution in [2.75, 3.05) is 12.0 Å². The number of aliphatic hydroxyl groups excluding tert-OH is 1. The lowest BCUT2D eigenvalue weighted by atomic mass is 10.2. The first-order valence-corrected chi connectivity index (χ1v) is 7.04. The van der Waals surface area contributed by atoms with E-state index in [4.69, 9.17) is 11.6 Å². The van der Waals surface area contributed by atoms with Crippen molar-refractivity contribution in [1.82, 2.24) is 4.98 Å². The third-order valence-electron chi connectivity index (χ3n) is 1.99. The monoisotopic (exact) mass is 303 g/mol. The van der Waals surface area contributed by atoms with Gasteiger partial charge in [0, 0.05) is 11.8 Å². The Labute approximate surface area is 106 Å². The largest absolute Gasteiger partial charge is 0.433 e. The summed E-state index contributed by atoms with van der Waals surface area (Å²) in [5.41, 5.74) is -1.36. The summed E-state index contributed by atoms with van der Waals surface area (Å²) in [5, 5.41) is 8.98. The van der Waals surface area contributed by atoms with Crippen molar-refractivity contribution in [3.63, 3.8) is 0 Å². The van der Waals surface area contributed by atoms with Gasteiger partial charge in [-0.15, -0.1) is 0 Å². The molecule has 0 aliphatic carbocycles. The van der Waals surface area contributed by atoms with Gasteiger partial charge in [0.25, 0.3) is 0 Å². The first-order valence-electron chi connectivity index (χ1n) is 4.60. The minimum absolute atomic E-state index is 0.157. The van der Waals surface area contributed by atoms with Gasteiger partial charge >= 0.3 is 6.18 Å². The fourth-order valence-corrected chi connectivity index (χ4v) is 2.26. The van der Waals surface area contributed by atoms with Crippen LogP contribution in [0.25, 0.3) is 0 Å². The van der Waals surface area contributed by atoms with E-state index in [1.165, 1.54) is 0 Å². The van der Waals surface area contributed by atoms with Crippen LogP contribution in [-0.4, -0.2) is 30.5 Å². The lowest BCUT2D eigenvalue weighted by molar-refractivity contribution is -0.141. The average molecular weight is 304 g/mol. The van der Waals surface area contributed by atoms with Crippen LogP contribution in [0.4, 0.5) is 13.2 Å². The second-order valence-electron chi connectivity index (χ2n) is 3.68. The quantitative estimate of drug-likeness (QED) is 0.865. The molecule has 1 aromatic rings. The molecule has 0 radical (unpaired) electrons. The number of pyridine rings is 1. The molecule has 0 aliphatic rings. The van der Waals surface area contributed by atoms with Crippen molar-refractivity contribution in [3.05, 3.63) is 28.5 Å². The molecule has 1 heterocycles. The molecule has 9 heteroatoms. The molecule has 4 nitrogen and oxygen atoms in total. The first-order chi connectivity index (χ1) is 8.00. The highest BCUT2D eigenvalue weighted by molar-refractivity contribution is 7.90. The molecule has 1 atom stereocenters. The van der Waals surface area contributed by atoms with Crippen LogP contribution in [0.2, 0.25) is 5.15 Å². The molecule has 0 fully saturated rings. The summed E-state index contributed by atoms with van der Waals surface area (Å²) in [5.74, 6) is -0.639. The number of hydrogen-bond donors (Lipinski definition) is 1. The van der Waals surface area contributed by atoms with E-state index in [1.54, 1.807) is 0 Å². The summed E-state index contributed by atoms with van der Waals surface area (Å²) in [7, 11) is -3.49. The Morgan fingerprint density at radius 1 is 1.44 bits per heavy atom. The van der Waals surface area contributed by atoms with Gasteiger partial charge in [-0.05, 0) is 6.07 Å². The highest BCUT2D eigenvalue weighted by Crippen LogP contribution is 2.31. The van der Waals surface area contributed by atoms with Gasteiger partial charge in [-0.2, -0.15) is 13.2 Å². The van der Waals surface area contributed by atoms with Crippen molar-refractivity contribution in [3.8, 4) is 0 Å². The number of halogens is 4. The molecule has 0 aromatic carbocycles. The van der Waals surface area contributed by atoms with Crippen molar-refractivity contribution in [2.24, 2.45) is 0 Å². The molecule has 0 aliphatic heterocycles. The van der Waals surface area contributed by atoms with Crippen LogP contribution in [0, 0.1) is 0 Å². The Hall–Kier alpha value is -0.860. The number of aliphatic hydroxyl groups is 1. The second-order valence-corrected chi connectivity index (χ2v) is 6.23. The standard InChI is InChI=1S/C9H9ClF3NO3S/c1-18(16,17)4-6(15)5-2-3-7(9(11,12)13)14-8(5)10/h2-3,6,15H,4H2,1H3. The Balaban J connectivity index is 3.07. The zero-order chi connectivity index (χ0) is 14.1. The SMILES string of the molecule is CS(=O)(=O)CC(O)c1ccc(C(F)(F)F)nc1Cl. The molecule has 0 saturated carbocycles. The molecule has 102 valence electrons. The van der Waals surface area contributed by atoms with E-state index in [0.29, 0.717) is 6.07 Å². The molecule has 1 N–H and O–H groups in total. The number of aromatic nitrogens is 1. The summed E-state index contributed by atoms with van der Waals surface area (Å²) in [6.45, 7) is 0. The Morgan fingerprint density at radius 3 is 2.39 bits per heavy atom. The van der Waals surface area contributed by atoms with Crippen molar-refractivity contribution in [2.45, 2.75) is 12.3 Å². The predicted molar refractivity (Wildman–Crippen MR) is 58.9 cm³/mol. The maximum Gasteiger partial charge on any atom is 0.433 e. The fraction of sp³-hybridized carbons (Fsp3) is 0.444. The first kappa shape index (κ1) is 15.2. The Morgan fingerprint density at radius 2 is 2.00 bits per heavy atom. The van der Waals surface area contributed by atoms with E-state index in [1.807, 2.05) is 0 Å². The third-order valence-corrected chi connectivity index (χ3v) is 3.21. The predicted octanol–water partition coefficient (Wildman–Crippen LogP) is 1.83. The van der Waals surface area contributed by atoms with E-state index < -0.39 is 38.7 Å². The van der Waals surface area contributed by atoms with Crippen LogP contribution in [0.15, 0.2) is 12.1 Å². The number of hydrogen-bond acceptors (Lipinski definition) is 4. The fourth-order valence-electron chi connectivity index (χ4n) is 1.23. The third kappa shape index (κ3) is 4.11. The normalized spacial score (nSPS) is 14.6. The van der Waals surface area contributed by atoms with Gasteiger partial charge in [0.15, 0.2) is 0 Å². The number of rotatable bonds is 3. The molecule has 0 amide bonds. The number of sulfone groups is 1. The molecule has 18 heavy (non-hydrogen) atoms. The van der Waals surface area contributed by atoms with Crippen LogP contribution < -0.4 is 0 Å². The summed E-state index contributed by atoms with van der Waals surface area (Å²) in [4.78, 5) is 3.08. The van der Waals surface area contributed by atoms with Crippen molar-refractivity contribution in [1.29, 1.82) is 0 Å². The van der Waals surface area contributed by atoms with E-state index >= 15 is 0 Å². The van der Waals surface area contributed by atoms with Crippen LogP contribution in [0.1, 0.15) is 17.4 Å². The highest BCUT2D eigenvalue weighted by atomic mass is 35.5. The van der Waals surface area contributed by atoms with Crippen LogP contribution in [-0.2, 0) is 16.0 Å². The second kappa shape index (κ2) is 5.02. The molecule has 1 rings (SSSR count). The van der Waals surface area contributed by atoms with Crippen molar-refractivity contribution < 1.29 is 26.7 Å². The van der Waals surface area contributed by atoms with Gasteiger partial charge in [-0.3, -0.25) is 0 Å². The maximum atomic E-state index is 12.3. The van der Waals surface area contributed by atoms with Crippen molar-refractivity contribution >= 4 is 21.4 Å². The molecular formula is C9H9ClF3NO3S. The summed E-state index contributed by atoms with van der Waals surface area (Å²) < 4.78 is 58.8. The molecule has 1 aromatic heterocycles. The lowest BCUT2D eigenvalue weighted by Crippen LogP contribution is -2.15. The van der Waals surface area contributed by atoms with E-state index in [9.17, 15) is 26.7 Å². The zero-order valence-corrected chi connectivity index (χ0v) is 10.6. The topological polar surface area (TPSA) is 67.3 Å². The Bertz CT molecular complexity index is 544. The molecule has 1 unspecified atom stereocenters. The van der Waals surface area contributed by atoms with Gasteiger partial charge in [-0.1, -0.05) is 17.7 Å². The summed E-state index contributed by atoms with van der Waals surface area (Å²) >= 11 is 5.49. The lowest BCUT2D eigenvalue weighted by Gasteiger charge is -2.13. The molecule has 0 saturated heterocycles.